The van der Waals surface area contributed by atoms with Gasteiger partial charge in [-0.3, -0.25) is 4.98 Å². The van der Waals surface area contributed by atoms with Crippen molar-refractivity contribution in [3.8, 4) is 0 Å². The molecule has 1 unspecified atom stereocenters. The number of pyridine rings is 1. The van der Waals surface area contributed by atoms with Gasteiger partial charge in [0.05, 0.1) is 0 Å². The molecule has 1 atom stereocenters. The summed E-state index contributed by atoms with van der Waals surface area (Å²) in [5.41, 5.74) is 1.62. The Bertz CT molecular complexity index is 369. The van der Waals surface area contributed by atoms with Gasteiger partial charge in [0.2, 0.25) is 0 Å². The molecule has 0 amide bonds. The molecule has 3 heteroatoms. The van der Waals surface area contributed by atoms with Crippen molar-refractivity contribution >= 4 is 0 Å². The van der Waals surface area contributed by atoms with Crippen LogP contribution in [0, 0.1) is 0 Å². The molecular formula is C16H27N3. The van der Waals surface area contributed by atoms with E-state index in [0.29, 0.717) is 11.6 Å². The lowest BCUT2D eigenvalue weighted by atomic mass is 9.73. The van der Waals surface area contributed by atoms with E-state index in [1.165, 1.54) is 37.7 Å². The molecule has 1 aliphatic carbocycles. The van der Waals surface area contributed by atoms with Crippen LogP contribution in [0.3, 0.4) is 0 Å². The summed E-state index contributed by atoms with van der Waals surface area (Å²) in [7, 11) is 6.57. The lowest BCUT2D eigenvalue weighted by Crippen LogP contribution is -2.60. The Kier molecular flexibility index (Phi) is 4.94. The number of rotatable bonds is 5. The Balaban J connectivity index is 2.17. The molecule has 2 rings (SSSR count). The zero-order valence-electron chi connectivity index (χ0n) is 12.5. The van der Waals surface area contributed by atoms with Gasteiger partial charge < -0.3 is 10.2 Å². The number of nitrogens with zero attached hydrogens (tertiary/aromatic N) is 2. The first-order chi connectivity index (χ1) is 9.19. The van der Waals surface area contributed by atoms with Gasteiger partial charge in [-0.25, -0.2) is 0 Å². The SMILES string of the molecule is CNC(Cc1cccnc1)C1(N(C)C)CCCCC1. The molecule has 3 nitrogen and oxygen atoms in total. The lowest BCUT2D eigenvalue weighted by Gasteiger charge is -2.48. The second-order valence-corrected chi connectivity index (χ2v) is 5.97. The number of hydrogen-bond acceptors (Lipinski definition) is 3. The molecule has 1 fully saturated rings. The minimum absolute atomic E-state index is 0.294. The largest absolute Gasteiger partial charge is 0.315 e. The van der Waals surface area contributed by atoms with Crippen molar-refractivity contribution in [3.05, 3.63) is 30.1 Å². The molecule has 0 spiro atoms. The number of hydrogen-bond donors (Lipinski definition) is 1. The maximum atomic E-state index is 4.24. The Labute approximate surface area is 117 Å². The Morgan fingerprint density at radius 1 is 1.32 bits per heavy atom. The van der Waals surface area contributed by atoms with Crippen LogP contribution >= 0.6 is 0 Å². The van der Waals surface area contributed by atoms with Crippen LogP contribution in [0.15, 0.2) is 24.5 Å². The molecule has 1 N–H and O–H groups in total. The first kappa shape index (κ1) is 14.5. The van der Waals surface area contributed by atoms with Crippen LogP contribution in [-0.4, -0.2) is 42.6 Å². The highest BCUT2D eigenvalue weighted by Gasteiger charge is 2.40. The number of nitrogens with one attached hydrogen (secondary N) is 1. The first-order valence-electron chi connectivity index (χ1n) is 7.42. The monoisotopic (exact) mass is 261 g/mol. The van der Waals surface area contributed by atoms with Gasteiger partial charge in [-0.2, -0.15) is 0 Å². The molecule has 1 saturated carbocycles. The molecular weight excluding hydrogens is 234 g/mol. The van der Waals surface area contributed by atoms with Crippen LogP contribution in [-0.2, 0) is 6.42 Å². The van der Waals surface area contributed by atoms with Crippen molar-refractivity contribution in [1.82, 2.24) is 15.2 Å². The van der Waals surface area contributed by atoms with E-state index in [4.69, 9.17) is 0 Å². The molecule has 1 aromatic rings. The smallest absolute Gasteiger partial charge is 0.0359 e. The van der Waals surface area contributed by atoms with E-state index in [0.717, 1.165) is 6.42 Å². The fourth-order valence-electron chi connectivity index (χ4n) is 3.59. The summed E-state index contributed by atoms with van der Waals surface area (Å²) in [6.45, 7) is 0. The van der Waals surface area contributed by atoms with E-state index in [1.54, 1.807) is 0 Å². The second-order valence-electron chi connectivity index (χ2n) is 5.97. The Morgan fingerprint density at radius 2 is 2.05 bits per heavy atom. The highest BCUT2D eigenvalue weighted by Crippen LogP contribution is 2.36. The van der Waals surface area contributed by atoms with Gasteiger partial charge in [0.25, 0.3) is 0 Å². The third-order valence-corrected chi connectivity index (χ3v) is 4.77. The highest BCUT2D eigenvalue weighted by atomic mass is 15.2. The molecule has 0 saturated heterocycles. The maximum Gasteiger partial charge on any atom is 0.0359 e. The predicted molar refractivity (Wildman–Crippen MR) is 80.3 cm³/mol. The zero-order chi connectivity index (χ0) is 13.7. The molecule has 106 valence electrons. The summed E-state index contributed by atoms with van der Waals surface area (Å²) >= 11 is 0. The fraction of sp³-hybridized carbons (Fsp3) is 0.688. The van der Waals surface area contributed by atoms with Crippen molar-refractivity contribution < 1.29 is 0 Å². The van der Waals surface area contributed by atoms with E-state index in [1.807, 2.05) is 18.5 Å². The van der Waals surface area contributed by atoms with E-state index < -0.39 is 0 Å². The standard InChI is InChI=1S/C16H27N3/c1-17-15(12-14-8-7-11-18-13-14)16(19(2)3)9-5-4-6-10-16/h7-8,11,13,15,17H,4-6,9-10,12H2,1-3H3. The molecule has 19 heavy (non-hydrogen) atoms. The van der Waals surface area contributed by atoms with Gasteiger partial charge in [-0.1, -0.05) is 25.3 Å². The third-order valence-electron chi connectivity index (χ3n) is 4.77. The summed E-state index contributed by atoms with van der Waals surface area (Å²) in [5.74, 6) is 0. The van der Waals surface area contributed by atoms with Crippen LogP contribution in [0.4, 0.5) is 0 Å². The van der Waals surface area contributed by atoms with Gasteiger partial charge in [0.1, 0.15) is 0 Å². The minimum atomic E-state index is 0.294. The van der Waals surface area contributed by atoms with Crippen LogP contribution in [0.25, 0.3) is 0 Å². The molecule has 0 aliphatic heterocycles. The quantitative estimate of drug-likeness (QED) is 0.882. The van der Waals surface area contributed by atoms with E-state index in [9.17, 15) is 0 Å². The van der Waals surface area contributed by atoms with Gasteiger partial charge in [0.15, 0.2) is 0 Å². The van der Waals surface area contributed by atoms with Crippen LogP contribution < -0.4 is 5.32 Å². The number of aromatic nitrogens is 1. The van der Waals surface area contributed by atoms with E-state index in [2.05, 4.69) is 42.4 Å². The van der Waals surface area contributed by atoms with Crippen LogP contribution in [0.5, 0.6) is 0 Å². The summed E-state index contributed by atoms with van der Waals surface area (Å²) in [5, 5.41) is 3.57. The molecule has 1 aromatic heterocycles. The predicted octanol–water partition coefficient (Wildman–Crippen LogP) is 2.48. The maximum absolute atomic E-state index is 4.24. The zero-order valence-corrected chi connectivity index (χ0v) is 12.5. The second kappa shape index (κ2) is 6.49. The molecule has 0 aromatic carbocycles. The van der Waals surface area contributed by atoms with E-state index in [-0.39, 0.29) is 0 Å². The third kappa shape index (κ3) is 3.15. The van der Waals surface area contributed by atoms with Crippen molar-refractivity contribution in [3.63, 3.8) is 0 Å². The normalized spacial score (nSPS) is 20.4. The van der Waals surface area contributed by atoms with E-state index >= 15 is 0 Å². The van der Waals surface area contributed by atoms with Crippen molar-refractivity contribution in [1.29, 1.82) is 0 Å². The van der Waals surface area contributed by atoms with Gasteiger partial charge in [0, 0.05) is 24.0 Å². The summed E-state index contributed by atoms with van der Waals surface area (Å²) < 4.78 is 0. The molecule has 1 aliphatic rings. The Morgan fingerprint density at radius 3 is 2.58 bits per heavy atom. The summed E-state index contributed by atoms with van der Waals surface area (Å²) in [4.78, 5) is 6.69. The van der Waals surface area contributed by atoms with Crippen molar-refractivity contribution in [2.45, 2.75) is 50.1 Å². The molecule has 0 radical (unpaired) electrons. The lowest BCUT2D eigenvalue weighted by molar-refractivity contribution is 0.0598. The van der Waals surface area contributed by atoms with Gasteiger partial charge in [-0.05, 0) is 52.0 Å². The Hall–Kier alpha value is -0.930. The summed E-state index contributed by atoms with van der Waals surface area (Å²) in [6.07, 6.45) is 11.6. The average Bonchev–Trinajstić information content (AvgIpc) is 2.46. The van der Waals surface area contributed by atoms with Crippen molar-refractivity contribution in [2.75, 3.05) is 21.1 Å². The average molecular weight is 261 g/mol. The van der Waals surface area contributed by atoms with Crippen LogP contribution in [0.2, 0.25) is 0 Å². The van der Waals surface area contributed by atoms with Gasteiger partial charge in [-0.15, -0.1) is 0 Å². The topological polar surface area (TPSA) is 28.2 Å². The highest BCUT2D eigenvalue weighted by molar-refractivity contribution is 5.14. The minimum Gasteiger partial charge on any atom is -0.315 e. The first-order valence-corrected chi connectivity index (χ1v) is 7.42. The van der Waals surface area contributed by atoms with Gasteiger partial charge >= 0.3 is 0 Å². The molecule has 1 heterocycles. The van der Waals surface area contributed by atoms with Crippen molar-refractivity contribution in [2.24, 2.45) is 0 Å². The van der Waals surface area contributed by atoms with Crippen LogP contribution in [0.1, 0.15) is 37.7 Å². The fourth-order valence-corrected chi connectivity index (χ4v) is 3.59. The number of likely N-dealkylation sites (N-methyl/N-ethyl adjacent to an activating group) is 2. The molecule has 0 bridgehead atoms. The summed E-state index contributed by atoms with van der Waals surface area (Å²) in [6, 6.07) is 4.71.